The maximum Gasteiger partial charge on any atom is 0.244 e. The van der Waals surface area contributed by atoms with Crippen molar-refractivity contribution in [3.05, 3.63) is 23.8 Å². The molecular formula is C15H26N2O3S. The molecule has 6 heteroatoms. The van der Waals surface area contributed by atoms with Crippen LogP contribution < -0.4 is 14.8 Å². The molecule has 0 amide bonds. The molecule has 0 aromatic heterocycles. The molecule has 0 aliphatic carbocycles. The fourth-order valence-electron chi connectivity index (χ4n) is 2.02. The summed E-state index contributed by atoms with van der Waals surface area (Å²) in [6.45, 7) is 6.51. The van der Waals surface area contributed by atoms with Crippen LogP contribution in [0.2, 0.25) is 0 Å². The maximum absolute atomic E-state index is 12.6. The minimum absolute atomic E-state index is 0.179. The number of ether oxygens (including phenoxy) is 1. The first kappa shape index (κ1) is 17.9. The molecule has 0 aliphatic rings. The maximum atomic E-state index is 12.6. The number of benzene rings is 1. The Hall–Kier alpha value is -1.11. The molecule has 0 heterocycles. The third-order valence-corrected chi connectivity index (χ3v) is 5.52. The third kappa shape index (κ3) is 4.43. The van der Waals surface area contributed by atoms with Gasteiger partial charge in [0.05, 0.1) is 7.11 Å². The van der Waals surface area contributed by atoms with Crippen LogP contribution in [0.25, 0.3) is 0 Å². The number of methoxy groups -OCH3 is 1. The summed E-state index contributed by atoms with van der Waals surface area (Å²) in [6.07, 6.45) is 1.45. The number of sulfonamides is 1. The molecule has 1 aromatic rings. The summed E-state index contributed by atoms with van der Waals surface area (Å²) >= 11 is 0. The highest BCUT2D eigenvalue weighted by Crippen LogP contribution is 2.27. The average Bonchev–Trinajstić information content (AvgIpc) is 2.46. The van der Waals surface area contributed by atoms with Crippen molar-refractivity contribution in [2.45, 2.75) is 50.6 Å². The Morgan fingerprint density at radius 1 is 1.24 bits per heavy atom. The van der Waals surface area contributed by atoms with Gasteiger partial charge in [-0.15, -0.1) is 0 Å². The number of hydrogen-bond acceptors (Lipinski definition) is 4. The van der Waals surface area contributed by atoms with Gasteiger partial charge in [-0.25, -0.2) is 13.1 Å². The molecule has 0 saturated carbocycles. The van der Waals surface area contributed by atoms with Crippen molar-refractivity contribution in [1.82, 2.24) is 10.0 Å². The van der Waals surface area contributed by atoms with E-state index in [1.54, 1.807) is 18.2 Å². The summed E-state index contributed by atoms with van der Waals surface area (Å²) in [7, 11) is -0.290. The highest BCUT2D eigenvalue weighted by atomic mass is 32.2. The first-order valence-electron chi connectivity index (χ1n) is 7.17. The first-order chi connectivity index (χ1) is 9.81. The van der Waals surface area contributed by atoms with Gasteiger partial charge in [0.25, 0.3) is 0 Å². The molecule has 120 valence electrons. The van der Waals surface area contributed by atoms with Gasteiger partial charge in [-0.2, -0.15) is 0 Å². The fraction of sp³-hybridized carbons (Fsp3) is 0.600. The lowest BCUT2D eigenvalue weighted by atomic mass is 9.98. The van der Waals surface area contributed by atoms with Gasteiger partial charge in [0, 0.05) is 12.1 Å². The molecule has 0 fully saturated rings. The molecule has 0 spiro atoms. The van der Waals surface area contributed by atoms with Crippen molar-refractivity contribution < 1.29 is 13.2 Å². The number of nitrogens with one attached hydrogen (secondary N) is 2. The van der Waals surface area contributed by atoms with E-state index in [1.165, 1.54) is 7.11 Å². The normalized spacial score (nSPS) is 12.4. The van der Waals surface area contributed by atoms with E-state index in [-0.39, 0.29) is 4.90 Å². The predicted molar refractivity (Wildman–Crippen MR) is 85.1 cm³/mol. The summed E-state index contributed by atoms with van der Waals surface area (Å²) in [6, 6.07) is 5.14. The van der Waals surface area contributed by atoms with Crippen LogP contribution in [-0.2, 0) is 16.6 Å². The highest BCUT2D eigenvalue weighted by molar-refractivity contribution is 7.89. The van der Waals surface area contributed by atoms with Crippen LogP contribution in [0.3, 0.4) is 0 Å². The van der Waals surface area contributed by atoms with Gasteiger partial charge in [0.15, 0.2) is 0 Å². The van der Waals surface area contributed by atoms with E-state index in [0.29, 0.717) is 12.3 Å². The summed E-state index contributed by atoms with van der Waals surface area (Å²) in [5.41, 5.74) is 0.523. The van der Waals surface area contributed by atoms with Crippen LogP contribution >= 0.6 is 0 Å². The Labute approximate surface area is 128 Å². The molecule has 5 nitrogen and oxygen atoms in total. The Balaban J connectivity index is 3.19. The Kier molecular flexibility index (Phi) is 6.19. The number of rotatable bonds is 8. The zero-order valence-corrected chi connectivity index (χ0v) is 14.3. The largest absolute Gasteiger partial charge is 0.495 e. The molecule has 1 aromatic carbocycles. The zero-order chi connectivity index (χ0) is 16.1. The van der Waals surface area contributed by atoms with E-state index in [0.717, 1.165) is 18.4 Å². The third-order valence-electron chi connectivity index (χ3n) is 3.84. The molecular weight excluding hydrogens is 288 g/mol. The predicted octanol–water partition coefficient (Wildman–Crippen LogP) is 2.27. The van der Waals surface area contributed by atoms with Crippen molar-refractivity contribution in [2.75, 3.05) is 14.2 Å². The lowest BCUT2D eigenvalue weighted by molar-refractivity contribution is 0.382. The van der Waals surface area contributed by atoms with Crippen molar-refractivity contribution in [3.8, 4) is 5.75 Å². The van der Waals surface area contributed by atoms with E-state index in [4.69, 9.17) is 4.74 Å². The molecule has 0 bridgehead atoms. The van der Waals surface area contributed by atoms with Gasteiger partial charge < -0.3 is 10.1 Å². The van der Waals surface area contributed by atoms with Crippen molar-refractivity contribution in [2.24, 2.45) is 0 Å². The summed E-state index contributed by atoms with van der Waals surface area (Å²) in [5.74, 6) is 0.366. The number of hydrogen-bond donors (Lipinski definition) is 2. The minimum atomic E-state index is -3.61. The smallest absolute Gasteiger partial charge is 0.244 e. The van der Waals surface area contributed by atoms with Crippen LogP contribution in [0, 0.1) is 0 Å². The van der Waals surface area contributed by atoms with Gasteiger partial charge in [0.1, 0.15) is 10.6 Å². The molecule has 0 saturated heterocycles. The Morgan fingerprint density at radius 3 is 2.33 bits per heavy atom. The van der Waals surface area contributed by atoms with E-state index in [9.17, 15) is 8.42 Å². The second-order valence-electron chi connectivity index (χ2n) is 5.39. The Morgan fingerprint density at radius 2 is 1.86 bits per heavy atom. The van der Waals surface area contributed by atoms with Gasteiger partial charge >= 0.3 is 0 Å². The van der Waals surface area contributed by atoms with Crippen molar-refractivity contribution in [1.29, 1.82) is 0 Å². The fourth-order valence-corrected chi connectivity index (χ4v) is 3.72. The molecule has 2 N–H and O–H groups in total. The summed E-state index contributed by atoms with van der Waals surface area (Å²) in [5, 5.41) is 3.03. The topological polar surface area (TPSA) is 67.4 Å². The van der Waals surface area contributed by atoms with Crippen LogP contribution in [-0.4, -0.2) is 28.1 Å². The molecule has 0 radical (unpaired) electrons. The van der Waals surface area contributed by atoms with E-state index in [1.807, 2.05) is 27.8 Å². The van der Waals surface area contributed by atoms with E-state index >= 15 is 0 Å². The van der Waals surface area contributed by atoms with Gasteiger partial charge in [-0.3, -0.25) is 0 Å². The lowest BCUT2D eigenvalue weighted by Crippen LogP contribution is -2.44. The quantitative estimate of drug-likeness (QED) is 0.772. The summed E-state index contributed by atoms with van der Waals surface area (Å²) in [4.78, 5) is 0.179. The first-order valence-corrected chi connectivity index (χ1v) is 8.65. The van der Waals surface area contributed by atoms with Crippen molar-refractivity contribution >= 4 is 10.0 Å². The second-order valence-corrected chi connectivity index (χ2v) is 7.04. The van der Waals surface area contributed by atoms with Gasteiger partial charge in [0.2, 0.25) is 10.0 Å². The van der Waals surface area contributed by atoms with Gasteiger partial charge in [-0.05, 0) is 44.5 Å². The van der Waals surface area contributed by atoms with E-state index in [2.05, 4.69) is 10.0 Å². The standard InChI is InChI=1S/C15H26N2O3S/c1-6-15(3,7-2)17-21(18,19)14-9-8-12(11-16-4)10-13(14)20-5/h8-10,16-17H,6-7,11H2,1-5H3. The van der Waals surface area contributed by atoms with Crippen LogP contribution in [0.4, 0.5) is 0 Å². The lowest BCUT2D eigenvalue weighted by Gasteiger charge is -2.28. The molecule has 0 atom stereocenters. The van der Waals surface area contributed by atoms with Crippen LogP contribution in [0.1, 0.15) is 39.2 Å². The second kappa shape index (κ2) is 7.24. The van der Waals surface area contributed by atoms with Crippen LogP contribution in [0.5, 0.6) is 5.75 Å². The highest BCUT2D eigenvalue weighted by Gasteiger charge is 2.29. The Bertz CT molecular complexity index is 566. The molecule has 0 unspecified atom stereocenters. The molecule has 21 heavy (non-hydrogen) atoms. The van der Waals surface area contributed by atoms with E-state index < -0.39 is 15.6 Å². The van der Waals surface area contributed by atoms with Gasteiger partial charge in [-0.1, -0.05) is 19.9 Å². The monoisotopic (exact) mass is 314 g/mol. The average molecular weight is 314 g/mol. The summed E-state index contributed by atoms with van der Waals surface area (Å²) < 4.78 is 33.3. The van der Waals surface area contributed by atoms with Crippen LogP contribution in [0.15, 0.2) is 23.1 Å². The molecule has 0 aliphatic heterocycles. The van der Waals surface area contributed by atoms with Crippen molar-refractivity contribution in [3.63, 3.8) is 0 Å². The minimum Gasteiger partial charge on any atom is -0.495 e. The molecule has 1 rings (SSSR count). The zero-order valence-electron chi connectivity index (χ0n) is 13.5. The SMILES string of the molecule is CCC(C)(CC)NS(=O)(=O)c1ccc(CNC)cc1OC.